The van der Waals surface area contributed by atoms with E-state index in [0.29, 0.717) is 11.3 Å². The number of hydrogen-bond acceptors (Lipinski definition) is 3. The van der Waals surface area contributed by atoms with Gasteiger partial charge >= 0.3 is 0 Å². The first-order valence-electron chi connectivity index (χ1n) is 3.65. The minimum Gasteiger partial charge on any atom is -0.507 e. The van der Waals surface area contributed by atoms with E-state index in [1.54, 1.807) is 12.1 Å². The molecular weight excluding hydrogens is 168 g/mol. The van der Waals surface area contributed by atoms with Gasteiger partial charge in [-0.05, 0) is 18.2 Å². The lowest BCUT2D eigenvalue weighted by Crippen LogP contribution is -2.05. The van der Waals surface area contributed by atoms with Crippen LogP contribution < -0.4 is 11.5 Å². The van der Waals surface area contributed by atoms with Crippen LogP contribution >= 0.6 is 0 Å². The zero-order valence-electron chi connectivity index (χ0n) is 6.90. The molecule has 0 saturated carbocycles. The Morgan fingerprint density at radius 1 is 1.46 bits per heavy atom. The summed E-state index contributed by atoms with van der Waals surface area (Å²) in [6, 6.07) is 4.63. The van der Waals surface area contributed by atoms with Gasteiger partial charge in [0, 0.05) is 23.4 Å². The number of anilines is 1. The molecule has 0 saturated heterocycles. The van der Waals surface area contributed by atoms with Crippen molar-refractivity contribution >= 4 is 17.7 Å². The fraction of sp³-hybridized carbons (Fsp3) is 0. The van der Waals surface area contributed by atoms with E-state index in [9.17, 15) is 9.90 Å². The number of primary amides is 1. The fourth-order valence-electron chi connectivity index (χ4n) is 0.874. The lowest BCUT2D eigenvalue weighted by Gasteiger charge is -1.99. The van der Waals surface area contributed by atoms with Crippen LogP contribution in [-0.4, -0.2) is 11.0 Å². The van der Waals surface area contributed by atoms with Gasteiger partial charge in [-0.25, -0.2) is 0 Å². The Hall–Kier alpha value is -1.97. The number of nitrogen functional groups attached to an aromatic ring is 1. The van der Waals surface area contributed by atoms with E-state index in [-0.39, 0.29) is 5.75 Å². The molecule has 1 amide bonds. The molecule has 68 valence electrons. The molecule has 0 aliphatic carbocycles. The van der Waals surface area contributed by atoms with Crippen molar-refractivity contribution in [1.82, 2.24) is 0 Å². The van der Waals surface area contributed by atoms with Crippen molar-refractivity contribution in [2.45, 2.75) is 0 Å². The smallest absolute Gasteiger partial charge is 0.241 e. The summed E-state index contributed by atoms with van der Waals surface area (Å²) in [5.74, 6) is -0.534. The molecule has 0 aromatic heterocycles. The van der Waals surface area contributed by atoms with Crippen LogP contribution in [0.2, 0.25) is 0 Å². The number of amides is 1. The molecule has 0 aliphatic heterocycles. The standard InChI is InChI=1S/C9H10N2O2/c10-7-3-1-6(8(12)5-7)2-4-9(11)13/h1-5,12H,10H2,(H2,11,13). The molecule has 4 nitrogen and oxygen atoms in total. The average Bonchev–Trinajstić information content (AvgIpc) is 2.02. The zero-order valence-corrected chi connectivity index (χ0v) is 6.90. The molecule has 13 heavy (non-hydrogen) atoms. The number of aromatic hydroxyl groups is 1. The van der Waals surface area contributed by atoms with Crippen molar-refractivity contribution in [3.63, 3.8) is 0 Å². The summed E-state index contributed by atoms with van der Waals surface area (Å²) in [6.45, 7) is 0. The number of benzene rings is 1. The second-order valence-corrected chi connectivity index (χ2v) is 2.55. The summed E-state index contributed by atoms with van der Waals surface area (Å²) in [5.41, 5.74) is 11.3. The number of phenols is 1. The summed E-state index contributed by atoms with van der Waals surface area (Å²) < 4.78 is 0. The van der Waals surface area contributed by atoms with E-state index >= 15 is 0 Å². The van der Waals surface area contributed by atoms with E-state index in [4.69, 9.17) is 11.5 Å². The lowest BCUT2D eigenvalue weighted by atomic mass is 10.1. The Bertz CT molecular complexity index is 359. The maximum Gasteiger partial charge on any atom is 0.241 e. The molecule has 0 bridgehead atoms. The number of carbonyl (C=O) groups is 1. The van der Waals surface area contributed by atoms with Gasteiger partial charge in [0.05, 0.1) is 0 Å². The van der Waals surface area contributed by atoms with Gasteiger partial charge in [-0.3, -0.25) is 4.79 Å². The Morgan fingerprint density at radius 3 is 2.69 bits per heavy atom. The molecule has 0 spiro atoms. The van der Waals surface area contributed by atoms with E-state index in [1.165, 1.54) is 18.2 Å². The number of rotatable bonds is 2. The molecule has 0 heterocycles. The number of carbonyl (C=O) groups excluding carboxylic acids is 1. The molecule has 0 fully saturated rings. The van der Waals surface area contributed by atoms with Gasteiger partial charge in [-0.15, -0.1) is 0 Å². The van der Waals surface area contributed by atoms with Crippen LogP contribution in [0.1, 0.15) is 5.56 Å². The van der Waals surface area contributed by atoms with Crippen molar-refractivity contribution in [3.05, 3.63) is 29.8 Å². The molecule has 1 aromatic carbocycles. The van der Waals surface area contributed by atoms with E-state index in [2.05, 4.69) is 0 Å². The van der Waals surface area contributed by atoms with Crippen molar-refractivity contribution in [2.24, 2.45) is 5.73 Å². The highest BCUT2D eigenvalue weighted by Gasteiger charge is 1.97. The highest BCUT2D eigenvalue weighted by Crippen LogP contribution is 2.20. The Labute approximate surface area is 75.5 Å². The first kappa shape index (κ1) is 9.12. The highest BCUT2D eigenvalue weighted by molar-refractivity contribution is 5.90. The summed E-state index contributed by atoms with van der Waals surface area (Å²) in [5, 5.41) is 9.32. The predicted molar refractivity (Wildman–Crippen MR) is 50.7 cm³/mol. The van der Waals surface area contributed by atoms with Crippen LogP contribution in [0, 0.1) is 0 Å². The summed E-state index contributed by atoms with van der Waals surface area (Å²) >= 11 is 0. The molecule has 4 heteroatoms. The molecule has 1 aromatic rings. The van der Waals surface area contributed by atoms with Crippen LogP contribution in [0.25, 0.3) is 6.08 Å². The first-order valence-corrected chi connectivity index (χ1v) is 3.65. The molecule has 5 N–H and O–H groups in total. The van der Waals surface area contributed by atoms with Crippen molar-refractivity contribution in [1.29, 1.82) is 0 Å². The van der Waals surface area contributed by atoms with Gasteiger partial charge in [-0.2, -0.15) is 0 Å². The van der Waals surface area contributed by atoms with E-state index in [0.717, 1.165) is 0 Å². The summed E-state index contributed by atoms with van der Waals surface area (Å²) in [4.78, 5) is 10.4. The monoisotopic (exact) mass is 178 g/mol. The summed E-state index contributed by atoms with van der Waals surface area (Å²) in [7, 11) is 0. The molecule has 0 atom stereocenters. The van der Waals surface area contributed by atoms with Gasteiger partial charge in [-0.1, -0.05) is 0 Å². The third kappa shape index (κ3) is 2.52. The number of hydrogen-bond donors (Lipinski definition) is 3. The minimum absolute atomic E-state index is 0.0255. The zero-order chi connectivity index (χ0) is 9.84. The molecule has 1 rings (SSSR count). The van der Waals surface area contributed by atoms with Gasteiger partial charge in [0.2, 0.25) is 5.91 Å². The third-order valence-corrected chi connectivity index (χ3v) is 1.48. The third-order valence-electron chi connectivity index (χ3n) is 1.48. The Balaban J connectivity index is 2.96. The molecule has 0 radical (unpaired) electrons. The van der Waals surface area contributed by atoms with Crippen LogP contribution in [0.3, 0.4) is 0 Å². The van der Waals surface area contributed by atoms with Gasteiger partial charge < -0.3 is 16.6 Å². The van der Waals surface area contributed by atoms with Gasteiger partial charge in [0.1, 0.15) is 5.75 Å². The molecular formula is C9H10N2O2. The van der Waals surface area contributed by atoms with Crippen LogP contribution in [0.4, 0.5) is 5.69 Å². The fourth-order valence-corrected chi connectivity index (χ4v) is 0.874. The maximum absolute atomic E-state index is 10.4. The molecule has 0 unspecified atom stereocenters. The topological polar surface area (TPSA) is 89.3 Å². The van der Waals surface area contributed by atoms with Crippen molar-refractivity contribution < 1.29 is 9.90 Å². The van der Waals surface area contributed by atoms with E-state index < -0.39 is 5.91 Å². The largest absolute Gasteiger partial charge is 0.507 e. The number of phenolic OH excluding ortho intramolecular Hbond substituents is 1. The van der Waals surface area contributed by atoms with Gasteiger partial charge in [0.25, 0.3) is 0 Å². The summed E-state index contributed by atoms with van der Waals surface area (Å²) in [6.07, 6.45) is 2.60. The molecule has 0 aliphatic rings. The SMILES string of the molecule is NC(=O)C=Cc1ccc(N)cc1O. The van der Waals surface area contributed by atoms with E-state index in [1.807, 2.05) is 0 Å². The lowest BCUT2D eigenvalue weighted by molar-refractivity contribution is -0.113. The highest BCUT2D eigenvalue weighted by atomic mass is 16.3. The number of nitrogens with two attached hydrogens (primary N) is 2. The second kappa shape index (κ2) is 3.62. The normalized spacial score (nSPS) is 10.5. The van der Waals surface area contributed by atoms with Crippen molar-refractivity contribution in [3.8, 4) is 5.75 Å². The minimum atomic E-state index is -0.559. The van der Waals surface area contributed by atoms with Crippen molar-refractivity contribution in [2.75, 3.05) is 5.73 Å². The second-order valence-electron chi connectivity index (χ2n) is 2.55. The van der Waals surface area contributed by atoms with Crippen LogP contribution in [-0.2, 0) is 4.79 Å². The van der Waals surface area contributed by atoms with Crippen LogP contribution in [0.15, 0.2) is 24.3 Å². The predicted octanol–water partition coefficient (Wildman–Crippen LogP) is 0.473. The average molecular weight is 178 g/mol. The Morgan fingerprint density at radius 2 is 2.15 bits per heavy atom. The van der Waals surface area contributed by atoms with Crippen LogP contribution in [0.5, 0.6) is 5.75 Å². The maximum atomic E-state index is 10.4. The van der Waals surface area contributed by atoms with Gasteiger partial charge in [0.15, 0.2) is 0 Å². The Kier molecular flexibility index (Phi) is 2.54. The quantitative estimate of drug-likeness (QED) is 0.454. The first-order chi connectivity index (χ1) is 6.09.